The molecule has 7 heteroatoms. The van der Waals surface area contributed by atoms with E-state index in [9.17, 15) is 9.59 Å². The molecule has 0 saturated heterocycles. The highest BCUT2D eigenvalue weighted by Gasteiger charge is 2.12. The molecule has 5 nitrogen and oxygen atoms in total. The molecule has 0 aliphatic carbocycles. The second-order valence-corrected chi connectivity index (χ2v) is 6.10. The van der Waals surface area contributed by atoms with Crippen LogP contribution < -0.4 is 5.69 Å². The molecule has 0 fully saturated rings. The lowest BCUT2D eigenvalue weighted by atomic mass is 10.1. The van der Waals surface area contributed by atoms with Crippen LogP contribution in [0.25, 0.3) is 11.0 Å². The van der Waals surface area contributed by atoms with Gasteiger partial charge in [0.1, 0.15) is 4.32 Å². The van der Waals surface area contributed by atoms with Crippen LogP contribution in [0.1, 0.15) is 24.2 Å². The van der Waals surface area contributed by atoms with Crippen molar-refractivity contribution in [3.8, 4) is 0 Å². The van der Waals surface area contributed by atoms with Crippen molar-refractivity contribution in [2.24, 2.45) is 0 Å². The second-order valence-electron chi connectivity index (χ2n) is 4.49. The van der Waals surface area contributed by atoms with Crippen LogP contribution in [0.4, 0.5) is 0 Å². The zero-order valence-corrected chi connectivity index (χ0v) is 13.6. The van der Waals surface area contributed by atoms with Crippen molar-refractivity contribution in [2.45, 2.75) is 13.8 Å². The summed E-state index contributed by atoms with van der Waals surface area (Å²) in [4.78, 5) is 30.7. The van der Waals surface area contributed by atoms with Crippen LogP contribution in [0.2, 0.25) is 0 Å². The van der Waals surface area contributed by atoms with E-state index in [0.29, 0.717) is 22.3 Å². The van der Waals surface area contributed by atoms with E-state index >= 15 is 0 Å². The Labute approximate surface area is 132 Å². The summed E-state index contributed by atoms with van der Waals surface area (Å²) in [6.07, 6.45) is 0. The Hall–Kier alpha value is -1.60. The fourth-order valence-electron chi connectivity index (χ4n) is 1.99. The monoisotopic (exact) mass is 323 g/mol. The van der Waals surface area contributed by atoms with Gasteiger partial charge in [-0.25, -0.2) is 4.79 Å². The van der Waals surface area contributed by atoms with Gasteiger partial charge < -0.3 is 14.9 Å². The molecule has 0 atom stereocenters. The molecule has 0 unspecified atom stereocenters. The SMILES string of the molecule is CCN(CC)C(=S)SCC(=O)c1ccc2[nH]c(=O)[nH]c2c1. The summed E-state index contributed by atoms with van der Waals surface area (Å²) in [7, 11) is 0. The lowest BCUT2D eigenvalue weighted by molar-refractivity contribution is 0.102. The number of imidazole rings is 1. The van der Waals surface area contributed by atoms with Gasteiger partial charge in [0.05, 0.1) is 16.8 Å². The Kier molecular flexibility index (Phi) is 5.19. The number of aromatic amines is 2. The molecule has 0 bridgehead atoms. The maximum atomic E-state index is 12.2. The summed E-state index contributed by atoms with van der Waals surface area (Å²) < 4.78 is 0.740. The molecule has 0 radical (unpaired) electrons. The van der Waals surface area contributed by atoms with E-state index in [0.717, 1.165) is 17.4 Å². The van der Waals surface area contributed by atoms with Gasteiger partial charge in [-0.2, -0.15) is 0 Å². The van der Waals surface area contributed by atoms with Crippen LogP contribution in [-0.2, 0) is 0 Å². The van der Waals surface area contributed by atoms with Gasteiger partial charge in [0.15, 0.2) is 5.78 Å². The van der Waals surface area contributed by atoms with Crippen molar-refractivity contribution in [1.82, 2.24) is 14.9 Å². The van der Waals surface area contributed by atoms with E-state index in [4.69, 9.17) is 12.2 Å². The molecule has 1 heterocycles. The number of fused-ring (bicyclic) bond motifs is 1. The molecule has 1 aromatic heterocycles. The average molecular weight is 323 g/mol. The van der Waals surface area contributed by atoms with Crippen molar-refractivity contribution >= 4 is 45.1 Å². The van der Waals surface area contributed by atoms with Crippen LogP contribution in [0.3, 0.4) is 0 Å². The highest BCUT2D eigenvalue weighted by atomic mass is 32.2. The molecule has 0 saturated carbocycles. The topological polar surface area (TPSA) is 69.0 Å². The number of thioether (sulfide) groups is 1. The standard InChI is InChI=1S/C14H17N3O2S2/c1-3-17(4-2)14(20)21-8-12(18)9-5-6-10-11(7-9)16-13(19)15-10/h5-7H,3-4,8H2,1-2H3,(H2,15,16,19). The number of carbonyl (C=O) groups excluding carboxylic acids is 1. The lowest BCUT2D eigenvalue weighted by Crippen LogP contribution is -2.27. The average Bonchev–Trinajstić information content (AvgIpc) is 2.85. The number of rotatable bonds is 5. The third kappa shape index (κ3) is 3.74. The van der Waals surface area contributed by atoms with E-state index in [2.05, 4.69) is 9.97 Å². The molecule has 0 aliphatic heterocycles. The van der Waals surface area contributed by atoms with Crippen molar-refractivity contribution < 1.29 is 4.79 Å². The minimum atomic E-state index is -0.272. The Morgan fingerprint density at radius 2 is 1.90 bits per heavy atom. The summed E-state index contributed by atoms with van der Waals surface area (Å²) in [5.74, 6) is 0.300. The number of Topliss-reactive ketones (excluding diaryl/α,β-unsaturated/α-hetero) is 1. The number of nitrogens with zero attached hydrogens (tertiary/aromatic N) is 1. The van der Waals surface area contributed by atoms with Crippen LogP contribution in [0.5, 0.6) is 0 Å². The first-order chi connectivity index (χ1) is 10.0. The summed E-state index contributed by atoms with van der Waals surface area (Å²) >= 11 is 6.68. The molecule has 0 spiro atoms. The second kappa shape index (κ2) is 6.91. The van der Waals surface area contributed by atoms with E-state index in [1.165, 1.54) is 11.8 Å². The van der Waals surface area contributed by atoms with Gasteiger partial charge in [0.2, 0.25) is 0 Å². The van der Waals surface area contributed by atoms with Gasteiger partial charge in [-0.1, -0.05) is 24.0 Å². The number of carbonyl (C=O) groups is 1. The third-order valence-corrected chi connectivity index (χ3v) is 4.71. The zero-order chi connectivity index (χ0) is 15.4. The minimum absolute atomic E-state index is 0.00143. The van der Waals surface area contributed by atoms with E-state index < -0.39 is 0 Å². The summed E-state index contributed by atoms with van der Waals surface area (Å²) in [5.41, 5.74) is 1.64. The Morgan fingerprint density at radius 3 is 2.57 bits per heavy atom. The molecular formula is C14H17N3O2S2. The van der Waals surface area contributed by atoms with Crippen molar-refractivity contribution in [3.05, 3.63) is 34.2 Å². The van der Waals surface area contributed by atoms with Crippen molar-refractivity contribution in [3.63, 3.8) is 0 Å². The van der Waals surface area contributed by atoms with Gasteiger partial charge in [0, 0.05) is 18.7 Å². The van der Waals surface area contributed by atoms with E-state index in [-0.39, 0.29) is 11.5 Å². The number of ketones is 1. The predicted molar refractivity (Wildman–Crippen MR) is 91.2 cm³/mol. The van der Waals surface area contributed by atoms with Gasteiger partial charge in [-0.3, -0.25) is 4.79 Å². The zero-order valence-electron chi connectivity index (χ0n) is 11.9. The highest BCUT2D eigenvalue weighted by molar-refractivity contribution is 8.23. The smallest absolute Gasteiger partial charge is 0.323 e. The number of thiocarbonyl (C=S) groups is 1. The Bertz CT molecular complexity index is 716. The Balaban J connectivity index is 2.05. The van der Waals surface area contributed by atoms with Crippen LogP contribution in [-0.4, -0.2) is 43.8 Å². The van der Waals surface area contributed by atoms with E-state index in [1.54, 1.807) is 18.2 Å². The number of benzene rings is 1. The third-order valence-electron chi connectivity index (χ3n) is 3.19. The largest absolute Gasteiger partial charge is 0.358 e. The van der Waals surface area contributed by atoms with Crippen LogP contribution in [0.15, 0.2) is 23.0 Å². The normalized spacial score (nSPS) is 10.8. The van der Waals surface area contributed by atoms with Gasteiger partial charge >= 0.3 is 5.69 Å². The first-order valence-corrected chi connectivity index (χ1v) is 8.11. The molecule has 1 aromatic carbocycles. The first-order valence-electron chi connectivity index (χ1n) is 6.72. The Morgan fingerprint density at radius 1 is 1.24 bits per heavy atom. The summed E-state index contributed by atoms with van der Waals surface area (Å²) in [6, 6.07) is 5.14. The molecule has 2 aromatic rings. The molecular weight excluding hydrogens is 306 g/mol. The highest BCUT2D eigenvalue weighted by Crippen LogP contribution is 2.15. The minimum Gasteiger partial charge on any atom is -0.358 e. The van der Waals surface area contributed by atoms with Crippen molar-refractivity contribution in [2.75, 3.05) is 18.8 Å². The maximum Gasteiger partial charge on any atom is 0.323 e. The first kappa shape index (κ1) is 15.8. The molecule has 21 heavy (non-hydrogen) atoms. The fourth-order valence-corrected chi connectivity index (χ4v) is 3.29. The molecule has 2 rings (SSSR count). The number of aromatic nitrogens is 2. The summed E-state index contributed by atoms with van der Waals surface area (Å²) in [6.45, 7) is 5.75. The quantitative estimate of drug-likeness (QED) is 0.653. The molecule has 112 valence electrons. The van der Waals surface area contributed by atoms with Crippen LogP contribution in [0, 0.1) is 0 Å². The number of H-pyrrole nitrogens is 2. The fraction of sp³-hybridized carbons (Fsp3) is 0.357. The molecule has 2 N–H and O–H groups in total. The number of hydrogen-bond donors (Lipinski definition) is 2. The van der Waals surface area contributed by atoms with Gasteiger partial charge in [-0.05, 0) is 32.0 Å². The predicted octanol–water partition coefficient (Wildman–Crippen LogP) is 2.40. The number of hydrogen-bond acceptors (Lipinski definition) is 4. The molecule has 0 aliphatic rings. The van der Waals surface area contributed by atoms with Gasteiger partial charge in [0.25, 0.3) is 0 Å². The van der Waals surface area contributed by atoms with Gasteiger partial charge in [-0.15, -0.1) is 0 Å². The van der Waals surface area contributed by atoms with Crippen LogP contribution >= 0.6 is 24.0 Å². The van der Waals surface area contributed by atoms with E-state index in [1.807, 2.05) is 18.7 Å². The number of nitrogens with one attached hydrogen (secondary N) is 2. The molecule has 0 amide bonds. The maximum absolute atomic E-state index is 12.2. The lowest BCUT2D eigenvalue weighted by Gasteiger charge is -2.20. The summed E-state index contributed by atoms with van der Waals surface area (Å²) in [5, 5.41) is 0. The van der Waals surface area contributed by atoms with Crippen molar-refractivity contribution in [1.29, 1.82) is 0 Å².